The van der Waals surface area contributed by atoms with Gasteiger partial charge in [-0.15, -0.1) is 0 Å². The number of ether oxygens (including phenoxy) is 1. The van der Waals surface area contributed by atoms with E-state index < -0.39 is 24.0 Å². The van der Waals surface area contributed by atoms with Crippen molar-refractivity contribution in [2.45, 2.75) is 52.2 Å². The second-order valence-electron chi connectivity index (χ2n) is 5.22. The summed E-state index contributed by atoms with van der Waals surface area (Å²) in [5, 5.41) is 4.65. The number of allylic oxidation sites excluding steroid dienone is 2. The highest BCUT2D eigenvalue weighted by atomic mass is 16.5. The smallest absolute Gasteiger partial charge is 0.321 e. The molecule has 0 saturated carbocycles. The van der Waals surface area contributed by atoms with Crippen LogP contribution in [0.25, 0.3) is 0 Å². The molecule has 20 heavy (non-hydrogen) atoms. The van der Waals surface area contributed by atoms with E-state index in [0.717, 1.165) is 12.8 Å². The number of hydrogen-bond acceptors (Lipinski definition) is 4. The van der Waals surface area contributed by atoms with Gasteiger partial charge in [0, 0.05) is 6.04 Å². The Morgan fingerprint density at radius 1 is 1.30 bits per heavy atom. The van der Waals surface area contributed by atoms with E-state index in [4.69, 9.17) is 4.74 Å². The van der Waals surface area contributed by atoms with Crippen molar-refractivity contribution in [3.05, 3.63) is 12.2 Å². The fraction of sp³-hybridized carbons (Fsp3) is 0.643. The second kappa shape index (κ2) is 7.67. The zero-order valence-electron chi connectivity index (χ0n) is 12.1. The summed E-state index contributed by atoms with van der Waals surface area (Å²) in [7, 11) is 0. The molecule has 6 heteroatoms. The average molecular weight is 282 g/mol. The quantitative estimate of drug-likeness (QED) is 0.591. The lowest BCUT2D eigenvalue weighted by Crippen LogP contribution is -2.46. The van der Waals surface area contributed by atoms with Gasteiger partial charge in [0.2, 0.25) is 0 Å². The minimum Gasteiger partial charge on any atom is -0.453 e. The van der Waals surface area contributed by atoms with Gasteiger partial charge in [-0.2, -0.15) is 0 Å². The first kappa shape index (κ1) is 16.2. The molecule has 0 radical (unpaired) electrons. The lowest BCUT2D eigenvalue weighted by molar-refractivity contribution is -0.155. The van der Waals surface area contributed by atoms with Crippen molar-refractivity contribution < 1.29 is 19.1 Å². The summed E-state index contributed by atoms with van der Waals surface area (Å²) in [6, 6.07) is -0.665. The van der Waals surface area contributed by atoms with Crippen LogP contribution in [0, 0.1) is 5.92 Å². The number of imide groups is 1. The summed E-state index contributed by atoms with van der Waals surface area (Å²) >= 11 is 0. The van der Waals surface area contributed by atoms with E-state index in [1.807, 2.05) is 12.2 Å². The number of nitrogens with one attached hydrogen (secondary N) is 2. The minimum absolute atomic E-state index is 0.0742. The molecule has 1 aliphatic rings. The third-order valence-electron chi connectivity index (χ3n) is 2.88. The zero-order chi connectivity index (χ0) is 15.1. The monoisotopic (exact) mass is 282 g/mol. The van der Waals surface area contributed by atoms with Crippen LogP contribution in [-0.2, 0) is 14.3 Å². The maximum absolute atomic E-state index is 11.6. The number of hydrogen-bond donors (Lipinski definition) is 2. The molecule has 0 aliphatic heterocycles. The van der Waals surface area contributed by atoms with E-state index in [2.05, 4.69) is 10.6 Å². The predicted octanol–water partition coefficient (Wildman–Crippen LogP) is 1.51. The van der Waals surface area contributed by atoms with Gasteiger partial charge in [-0.25, -0.2) is 4.79 Å². The maximum Gasteiger partial charge on any atom is 0.321 e. The lowest BCUT2D eigenvalue weighted by atomic mass is 10.1. The van der Waals surface area contributed by atoms with E-state index in [1.54, 1.807) is 13.8 Å². The Bertz CT molecular complexity index is 404. The van der Waals surface area contributed by atoms with Gasteiger partial charge in [-0.3, -0.25) is 14.9 Å². The summed E-state index contributed by atoms with van der Waals surface area (Å²) in [6.45, 7) is 5.01. The van der Waals surface area contributed by atoms with Crippen LogP contribution in [0.3, 0.4) is 0 Å². The van der Waals surface area contributed by atoms with E-state index in [1.165, 1.54) is 6.92 Å². The van der Waals surface area contributed by atoms with E-state index in [-0.39, 0.29) is 18.4 Å². The van der Waals surface area contributed by atoms with Crippen LogP contribution >= 0.6 is 0 Å². The van der Waals surface area contributed by atoms with Gasteiger partial charge in [0.25, 0.3) is 5.91 Å². The molecule has 0 aromatic rings. The van der Waals surface area contributed by atoms with Crippen molar-refractivity contribution in [1.29, 1.82) is 0 Å². The molecule has 1 aliphatic carbocycles. The van der Waals surface area contributed by atoms with Gasteiger partial charge in [0.1, 0.15) is 0 Å². The number of esters is 1. The highest BCUT2D eigenvalue weighted by molar-refractivity contribution is 5.97. The predicted molar refractivity (Wildman–Crippen MR) is 73.8 cm³/mol. The third kappa shape index (κ3) is 5.86. The Balaban J connectivity index is 2.31. The van der Waals surface area contributed by atoms with Crippen LogP contribution in [0.15, 0.2) is 12.2 Å². The van der Waals surface area contributed by atoms with Crippen molar-refractivity contribution in [2.24, 2.45) is 5.92 Å². The molecule has 0 saturated heterocycles. The number of carbonyl (C=O) groups is 3. The normalized spacial score (nSPS) is 18.7. The fourth-order valence-corrected chi connectivity index (χ4v) is 1.89. The van der Waals surface area contributed by atoms with Crippen molar-refractivity contribution in [3.8, 4) is 0 Å². The zero-order valence-corrected chi connectivity index (χ0v) is 12.1. The number of rotatable bonds is 5. The molecule has 2 atom stereocenters. The van der Waals surface area contributed by atoms with Crippen molar-refractivity contribution in [3.63, 3.8) is 0 Å². The molecule has 0 unspecified atom stereocenters. The molecule has 0 fully saturated rings. The summed E-state index contributed by atoms with van der Waals surface area (Å²) in [4.78, 5) is 34.6. The van der Waals surface area contributed by atoms with E-state index in [9.17, 15) is 14.4 Å². The first-order valence-electron chi connectivity index (χ1n) is 6.86. The largest absolute Gasteiger partial charge is 0.453 e. The van der Waals surface area contributed by atoms with Crippen LogP contribution in [0.5, 0.6) is 0 Å². The molecule has 0 heterocycles. The molecule has 1 rings (SSSR count). The first-order valence-corrected chi connectivity index (χ1v) is 6.86. The molecule has 6 nitrogen and oxygen atoms in total. The van der Waals surface area contributed by atoms with E-state index in [0.29, 0.717) is 0 Å². The van der Waals surface area contributed by atoms with Gasteiger partial charge in [0.15, 0.2) is 6.10 Å². The summed E-state index contributed by atoms with van der Waals surface area (Å²) in [5.41, 5.74) is 0. The number of amides is 3. The Morgan fingerprint density at radius 2 is 2.00 bits per heavy atom. The Labute approximate surface area is 118 Å². The molecular weight excluding hydrogens is 260 g/mol. The Kier molecular flexibility index (Phi) is 6.21. The van der Waals surface area contributed by atoms with Gasteiger partial charge >= 0.3 is 12.0 Å². The molecule has 0 bridgehead atoms. The third-order valence-corrected chi connectivity index (χ3v) is 2.88. The molecule has 0 aromatic heterocycles. The lowest BCUT2D eigenvalue weighted by Gasteiger charge is -2.15. The average Bonchev–Trinajstić information content (AvgIpc) is 2.79. The molecular formula is C14H22N2O4. The molecule has 0 spiro atoms. The summed E-state index contributed by atoms with van der Waals surface area (Å²) in [5.74, 6) is -0.853. The van der Waals surface area contributed by atoms with Gasteiger partial charge in [-0.05, 0) is 39.5 Å². The van der Waals surface area contributed by atoms with Crippen LogP contribution in [0.2, 0.25) is 0 Å². The summed E-state index contributed by atoms with van der Waals surface area (Å²) in [6.07, 6.45) is 5.22. The van der Waals surface area contributed by atoms with Crippen molar-refractivity contribution in [1.82, 2.24) is 10.6 Å². The van der Waals surface area contributed by atoms with E-state index >= 15 is 0 Å². The van der Waals surface area contributed by atoms with Gasteiger partial charge in [0.05, 0.1) is 6.42 Å². The van der Waals surface area contributed by atoms with Gasteiger partial charge in [-0.1, -0.05) is 12.2 Å². The van der Waals surface area contributed by atoms with Gasteiger partial charge < -0.3 is 10.1 Å². The first-order chi connectivity index (χ1) is 9.38. The topological polar surface area (TPSA) is 84.5 Å². The minimum atomic E-state index is -0.981. The SMILES string of the molecule is CC(C)NC(=O)NC(=O)[C@H](C)OC(=O)C[C@H]1C=CCC1. The van der Waals surface area contributed by atoms with Crippen molar-refractivity contribution >= 4 is 17.9 Å². The standard InChI is InChI=1S/C14H22N2O4/c1-9(2)15-14(19)16-13(18)10(3)20-12(17)8-11-6-4-5-7-11/h4,6,9-11H,5,7-8H2,1-3H3,(H2,15,16,18,19)/t10-,11-/m0/s1. The summed E-state index contributed by atoms with van der Waals surface area (Å²) < 4.78 is 5.02. The number of urea groups is 1. The van der Waals surface area contributed by atoms with Crippen molar-refractivity contribution in [2.75, 3.05) is 0 Å². The Morgan fingerprint density at radius 3 is 2.55 bits per heavy atom. The van der Waals surface area contributed by atoms with Crippen LogP contribution < -0.4 is 10.6 Å². The highest BCUT2D eigenvalue weighted by Crippen LogP contribution is 2.20. The fourth-order valence-electron chi connectivity index (χ4n) is 1.89. The molecule has 2 N–H and O–H groups in total. The molecule has 0 aromatic carbocycles. The highest BCUT2D eigenvalue weighted by Gasteiger charge is 2.22. The van der Waals surface area contributed by atoms with Crippen LogP contribution in [0.4, 0.5) is 4.79 Å². The second-order valence-corrected chi connectivity index (χ2v) is 5.22. The molecule has 3 amide bonds. The Hall–Kier alpha value is -1.85. The molecule has 112 valence electrons. The van der Waals surface area contributed by atoms with Crippen LogP contribution in [0.1, 0.15) is 40.0 Å². The van der Waals surface area contributed by atoms with Crippen LogP contribution in [-0.4, -0.2) is 30.1 Å². The number of carbonyl (C=O) groups excluding carboxylic acids is 3. The maximum atomic E-state index is 11.6.